The second-order valence-electron chi connectivity index (χ2n) is 7.70. The fraction of sp³-hybridized carbons (Fsp3) is 1.00. The van der Waals surface area contributed by atoms with Gasteiger partial charge in [0.05, 0.1) is 12.7 Å². The molecule has 2 nitrogen and oxygen atoms in total. The maximum Gasteiger partial charge on any atom is 0.0670 e. The zero-order valence-electron chi connectivity index (χ0n) is 16.2. The van der Waals surface area contributed by atoms with E-state index in [9.17, 15) is 0 Å². The van der Waals surface area contributed by atoms with Crippen molar-refractivity contribution in [1.29, 1.82) is 0 Å². The van der Waals surface area contributed by atoms with Gasteiger partial charge in [-0.15, -0.1) is 0 Å². The molecule has 0 aromatic heterocycles. The van der Waals surface area contributed by atoms with Gasteiger partial charge in [-0.25, -0.2) is 0 Å². The van der Waals surface area contributed by atoms with Crippen LogP contribution >= 0.6 is 0 Å². The molecule has 0 rings (SSSR count). The van der Waals surface area contributed by atoms with Crippen LogP contribution in [0.5, 0.6) is 0 Å². The van der Waals surface area contributed by atoms with Crippen LogP contribution in [0, 0.1) is 11.3 Å². The first-order valence-corrected chi connectivity index (χ1v) is 9.65. The van der Waals surface area contributed by atoms with Gasteiger partial charge in [-0.2, -0.15) is 0 Å². The zero-order valence-corrected chi connectivity index (χ0v) is 16.2. The van der Waals surface area contributed by atoms with Crippen molar-refractivity contribution in [3.05, 3.63) is 0 Å². The fourth-order valence-electron chi connectivity index (χ4n) is 3.11. The summed E-state index contributed by atoms with van der Waals surface area (Å²) < 4.78 is 12.2. The Morgan fingerprint density at radius 2 is 1.32 bits per heavy atom. The molecule has 22 heavy (non-hydrogen) atoms. The highest BCUT2D eigenvalue weighted by atomic mass is 16.5. The second kappa shape index (κ2) is 13.4. The molecule has 0 heterocycles. The standard InChI is InChI=1S/C20H42O2/c1-7-9-11-13-15-21-17-20(5,6)19(18(3)4)22-16-14-12-10-8-2/h18-19H,7-17H2,1-6H3. The van der Waals surface area contributed by atoms with Crippen LogP contribution in [0.15, 0.2) is 0 Å². The third-order valence-electron chi connectivity index (χ3n) is 4.29. The Morgan fingerprint density at radius 3 is 1.82 bits per heavy atom. The molecule has 0 saturated carbocycles. The van der Waals surface area contributed by atoms with Crippen molar-refractivity contribution in [2.75, 3.05) is 19.8 Å². The molecule has 0 amide bonds. The van der Waals surface area contributed by atoms with E-state index in [0.717, 1.165) is 19.8 Å². The van der Waals surface area contributed by atoms with Crippen molar-refractivity contribution in [1.82, 2.24) is 0 Å². The van der Waals surface area contributed by atoms with Crippen molar-refractivity contribution in [3.63, 3.8) is 0 Å². The smallest absolute Gasteiger partial charge is 0.0670 e. The molecule has 0 fully saturated rings. The van der Waals surface area contributed by atoms with Gasteiger partial charge < -0.3 is 9.47 Å². The molecular formula is C20H42O2. The topological polar surface area (TPSA) is 18.5 Å². The first kappa shape index (κ1) is 21.9. The molecule has 0 aromatic rings. The summed E-state index contributed by atoms with van der Waals surface area (Å²) >= 11 is 0. The highest BCUT2D eigenvalue weighted by Crippen LogP contribution is 2.29. The Hall–Kier alpha value is -0.0800. The minimum atomic E-state index is 0.0870. The highest BCUT2D eigenvalue weighted by Gasteiger charge is 2.33. The normalized spacial score (nSPS) is 13.8. The molecule has 0 radical (unpaired) electrons. The molecule has 0 aliphatic carbocycles. The second-order valence-corrected chi connectivity index (χ2v) is 7.70. The van der Waals surface area contributed by atoms with Gasteiger partial charge in [0.1, 0.15) is 0 Å². The van der Waals surface area contributed by atoms with E-state index in [-0.39, 0.29) is 11.5 Å². The largest absolute Gasteiger partial charge is 0.381 e. The molecule has 0 spiro atoms. The number of hydrogen-bond donors (Lipinski definition) is 0. The fourth-order valence-corrected chi connectivity index (χ4v) is 3.11. The van der Waals surface area contributed by atoms with E-state index in [4.69, 9.17) is 9.47 Å². The Labute approximate surface area is 140 Å². The van der Waals surface area contributed by atoms with Gasteiger partial charge in [0.15, 0.2) is 0 Å². The van der Waals surface area contributed by atoms with Crippen LogP contribution in [-0.4, -0.2) is 25.9 Å². The van der Waals surface area contributed by atoms with Crippen LogP contribution in [0.1, 0.15) is 92.9 Å². The quantitative estimate of drug-likeness (QED) is 0.333. The number of rotatable bonds is 15. The summed E-state index contributed by atoms with van der Waals surface area (Å²) in [5.74, 6) is 0.532. The lowest BCUT2D eigenvalue weighted by Gasteiger charge is -2.37. The van der Waals surface area contributed by atoms with Gasteiger partial charge in [0.2, 0.25) is 0 Å². The maximum absolute atomic E-state index is 6.23. The van der Waals surface area contributed by atoms with Gasteiger partial charge in [0.25, 0.3) is 0 Å². The van der Waals surface area contributed by atoms with E-state index >= 15 is 0 Å². The van der Waals surface area contributed by atoms with Gasteiger partial charge in [-0.1, -0.05) is 80.1 Å². The molecule has 0 bridgehead atoms. The predicted octanol–water partition coefficient (Wildman–Crippen LogP) is 6.23. The molecular weight excluding hydrogens is 272 g/mol. The molecule has 0 aliphatic rings. The molecule has 0 aliphatic heterocycles. The minimum absolute atomic E-state index is 0.0870. The third kappa shape index (κ3) is 10.6. The lowest BCUT2D eigenvalue weighted by atomic mass is 9.81. The summed E-state index contributed by atoms with van der Waals surface area (Å²) in [4.78, 5) is 0. The lowest BCUT2D eigenvalue weighted by Crippen LogP contribution is -2.40. The average Bonchev–Trinajstić information content (AvgIpc) is 2.45. The SMILES string of the molecule is CCCCCCOCC(C)(C)C(OCCCCCC)C(C)C. The maximum atomic E-state index is 6.23. The summed E-state index contributed by atoms with van der Waals surface area (Å²) in [7, 11) is 0. The van der Waals surface area contributed by atoms with Crippen molar-refractivity contribution >= 4 is 0 Å². The van der Waals surface area contributed by atoms with Gasteiger partial charge >= 0.3 is 0 Å². The zero-order chi connectivity index (χ0) is 16.8. The predicted molar refractivity (Wildman–Crippen MR) is 97.5 cm³/mol. The first-order valence-electron chi connectivity index (χ1n) is 9.65. The monoisotopic (exact) mass is 314 g/mol. The van der Waals surface area contributed by atoms with E-state index in [1.165, 1.54) is 51.4 Å². The molecule has 0 saturated heterocycles. The van der Waals surface area contributed by atoms with Crippen molar-refractivity contribution in [2.45, 2.75) is 99.0 Å². The van der Waals surface area contributed by atoms with Crippen LogP contribution in [0.2, 0.25) is 0 Å². The van der Waals surface area contributed by atoms with E-state index in [0.29, 0.717) is 5.92 Å². The number of unbranched alkanes of at least 4 members (excludes halogenated alkanes) is 6. The molecule has 2 heteroatoms. The number of ether oxygens (including phenoxy) is 2. The Kier molecular flexibility index (Phi) is 13.3. The summed E-state index contributed by atoms with van der Waals surface area (Å²) in [6.07, 6.45) is 10.4. The van der Waals surface area contributed by atoms with Gasteiger partial charge in [0, 0.05) is 18.6 Å². The van der Waals surface area contributed by atoms with Gasteiger partial charge in [-0.05, 0) is 18.8 Å². The highest BCUT2D eigenvalue weighted by molar-refractivity contribution is 4.81. The number of hydrogen-bond acceptors (Lipinski definition) is 2. The summed E-state index contributed by atoms with van der Waals surface area (Å²) in [5.41, 5.74) is 0.0870. The first-order chi connectivity index (χ1) is 10.5. The van der Waals surface area contributed by atoms with Crippen molar-refractivity contribution in [3.8, 4) is 0 Å². The van der Waals surface area contributed by atoms with E-state index in [1.54, 1.807) is 0 Å². The van der Waals surface area contributed by atoms with Crippen molar-refractivity contribution < 1.29 is 9.47 Å². The van der Waals surface area contributed by atoms with E-state index in [2.05, 4.69) is 41.5 Å². The summed E-state index contributed by atoms with van der Waals surface area (Å²) in [5, 5.41) is 0. The molecule has 1 atom stereocenters. The van der Waals surface area contributed by atoms with Crippen LogP contribution in [0.25, 0.3) is 0 Å². The van der Waals surface area contributed by atoms with Crippen LogP contribution < -0.4 is 0 Å². The Bertz CT molecular complexity index is 236. The van der Waals surface area contributed by atoms with E-state index < -0.39 is 0 Å². The Balaban J connectivity index is 4.04. The summed E-state index contributed by atoms with van der Waals surface area (Å²) in [6.45, 7) is 16.2. The average molecular weight is 315 g/mol. The molecule has 134 valence electrons. The molecule has 1 unspecified atom stereocenters. The van der Waals surface area contributed by atoms with Gasteiger partial charge in [-0.3, -0.25) is 0 Å². The lowest BCUT2D eigenvalue weighted by molar-refractivity contribution is -0.0877. The summed E-state index contributed by atoms with van der Waals surface area (Å²) in [6, 6.07) is 0. The van der Waals surface area contributed by atoms with E-state index in [1.807, 2.05) is 0 Å². The van der Waals surface area contributed by atoms with Crippen LogP contribution in [-0.2, 0) is 9.47 Å². The van der Waals surface area contributed by atoms with Crippen molar-refractivity contribution in [2.24, 2.45) is 11.3 Å². The Morgan fingerprint density at radius 1 is 0.773 bits per heavy atom. The third-order valence-corrected chi connectivity index (χ3v) is 4.29. The molecule has 0 aromatic carbocycles. The molecule has 0 N–H and O–H groups in total. The van der Waals surface area contributed by atoms with Crippen LogP contribution in [0.4, 0.5) is 0 Å². The van der Waals surface area contributed by atoms with Crippen LogP contribution in [0.3, 0.4) is 0 Å². The minimum Gasteiger partial charge on any atom is -0.381 e.